The molecule has 90 valence electrons. The van der Waals surface area contributed by atoms with Crippen molar-refractivity contribution < 1.29 is 0 Å². The lowest BCUT2D eigenvalue weighted by atomic mass is 10.0. The fraction of sp³-hybridized carbons (Fsp3) is 0.500. The van der Waals surface area contributed by atoms with Crippen LogP contribution in [0.25, 0.3) is 0 Å². The van der Waals surface area contributed by atoms with Crippen molar-refractivity contribution in [3.63, 3.8) is 0 Å². The summed E-state index contributed by atoms with van der Waals surface area (Å²) in [5, 5.41) is 5.71. The van der Waals surface area contributed by atoms with Crippen LogP contribution in [-0.2, 0) is 6.54 Å². The van der Waals surface area contributed by atoms with Gasteiger partial charge in [-0.3, -0.25) is 0 Å². The Hall–Kier alpha value is 0.240. The van der Waals surface area contributed by atoms with Gasteiger partial charge >= 0.3 is 0 Å². The van der Waals surface area contributed by atoms with Crippen molar-refractivity contribution in [1.29, 1.82) is 0 Å². The van der Waals surface area contributed by atoms with E-state index in [1.807, 2.05) is 12.1 Å². The van der Waals surface area contributed by atoms with Gasteiger partial charge in [-0.1, -0.05) is 51.3 Å². The number of hydrogen-bond donors (Lipinski definition) is 1. The van der Waals surface area contributed by atoms with Crippen LogP contribution in [-0.4, -0.2) is 10.9 Å². The molecule has 0 unspecified atom stereocenters. The molecule has 0 aliphatic rings. The molecule has 4 heteroatoms. The van der Waals surface area contributed by atoms with Gasteiger partial charge in [0.15, 0.2) is 0 Å². The van der Waals surface area contributed by atoms with Crippen molar-refractivity contribution in [2.24, 2.45) is 0 Å². The highest BCUT2D eigenvalue weighted by atomic mass is 79.9. The number of benzene rings is 1. The number of hydrogen-bond acceptors (Lipinski definition) is 1. The molecule has 0 aliphatic heterocycles. The molecule has 0 aliphatic carbocycles. The minimum absolute atomic E-state index is 0.0924. The molecule has 0 saturated heterocycles. The Morgan fingerprint density at radius 3 is 2.62 bits per heavy atom. The van der Waals surface area contributed by atoms with Crippen LogP contribution in [0, 0.1) is 0 Å². The smallest absolute Gasteiger partial charge is 0.0637 e. The maximum Gasteiger partial charge on any atom is 0.0637 e. The Morgan fingerprint density at radius 2 is 2.00 bits per heavy atom. The van der Waals surface area contributed by atoms with Crippen molar-refractivity contribution in [3.8, 4) is 0 Å². The molecule has 1 rings (SSSR count). The van der Waals surface area contributed by atoms with Gasteiger partial charge in [-0.15, -0.1) is 0 Å². The number of rotatable bonds is 5. The normalized spacial score (nSPS) is 11.8. The Bertz CT molecular complexity index is 353. The number of nitrogens with one attached hydrogen (secondary N) is 1. The van der Waals surface area contributed by atoms with Gasteiger partial charge in [-0.2, -0.15) is 0 Å². The fourth-order valence-electron chi connectivity index (χ4n) is 1.34. The lowest BCUT2D eigenvalue weighted by Gasteiger charge is -2.25. The Balaban J connectivity index is 2.64. The molecule has 1 aromatic rings. The molecule has 0 amide bonds. The monoisotopic (exact) mass is 323 g/mol. The van der Waals surface area contributed by atoms with E-state index in [1.54, 1.807) is 6.07 Å². The standard InChI is InChI=1S/C12H16BrCl2N/c1-12(2,6-7-13)16-8-9-4-3-5-10(14)11(9)15/h3-5,16H,6-8H2,1-2H3. The SMILES string of the molecule is CC(C)(CCBr)NCc1cccc(Cl)c1Cl. The van der Waals surface area contributed by atoms with Gasteiger partial charge in [0.05, 0.1) is 10.0 Å². The van der Waals surface area contributed by atoms with Crippen molar-refractivity contribution >= 4 is 39.1 Å². The second-order valence-corrected chi connectivity index (χ2v) is 5.97. The summed E-state index contributed by atoms with van der Waals surface area (Å²) < 4.78 is 0. The van der Waals surface area contributed by atoms with Gasteiger partial charge in [-0.05, 0) is 31.9 Å². The second-order valence-electron chi connectivity index (χ2n) is 4.39. The number of halogens is 3. The summed E-state index contributed by atoms with van der Waals surface area (Å²) in [6, 6.07) is 5.71. The molecule has 16 heavy (non-hydrogen) atoms. The molecule has 0 radical (unpaired) electrons. The van der Waals surface area contributed by atoms with Crippen LogP contribution in [0.3, 0.4) is 0 Å². The lowest BCUT2D eigenvalue weighted by Crippen LogP contribution is -2.39. The molecular weight excluding hydrogens is 309 g/mol. The predicted octanol–water partition coefficient (Wildman–Crippen LogP) is 4.65. The minimum Gasteiger partial charge on any atom is -0.308 e. The quantitative estimate of drug-likeness (QED) is 0.777. The van der Waals surface area contributed by atoms with E-state index in [9.17, 15) is 0 Å². The highest BCUT2D eigenvalue weighted by Gasteiger charge is 2.16. The van der Waals surface area contributed by atoms with Crippen LogP contribution < -0.4 is 5.32 Å². The van der Waals surface area contributed by atoms with Crippen LogP contribution in [0.4, 0.5) is 0 Å². The molecule has 0 saturated carbocycles. The average molecular weight is 325 g/mol. The summed E-state index contributed by atoms with van der Waals surface area (Å²) in [4.78, 5) is 0. The summed E-state index contributed by atoms with van der Waals surface area (Å²) in [5.41, 5.74) is 1.13. The largest absolute Gasteiger partial charge is 0.308 e. The first-order valence-corrected chi connectivity index (χ1v) is 7.08. The van der Waals surface area contributed by atoms with Crippen LogP contribution >= 0.6 is 39.1 Å². The van der Waals surface area contributed by atoms with Gasteiger partial charge < -0.3 is 5.32 Å². The van der Waals surface area contributed by atoms with Gasteiger partial charge in [0, 0.05) is 17.4 Å². The summed E-state index contributed by atoms with van der Waals surface area (Å²) in [7, 11) is 0. The summed E-state index contributed by atoms with van der Waals surface area (Å²) in [5.74, 6) is 0. The fourth-order valence-corrected chi connectivity index (χ4v) is 2.72. The van der Waals surface area contributed by atoms with E-state index < -0.39 is 0 Å². The zero-order valence-electron chi connectivity index (χ0n) is 9.49. The van der Waals surface area contributed by atoms with Crippen molar-refractivity contribution in [2.75, 3.05) is 5.33 Å². The second kappa shape index (κ2) is 6.25. The van der Waals surface area contributed by atoms with Crippen LogP contribution in [0.15, 0.2) is 18.2 Å². The van der Waals surface area contributed by atoms with E-state index in [0.29, 0.717) is 10.0 Å². The Kier molecular flexibility index (Phi) is 5.58. The highest BCUT2D eigenvalue weighted by molar-refractivity contribution is 9.09. The van der Waals surface area contributed by atoms with Crippen LogP contribution in [0.5, 0.6) is 0 Å². The predicted molar refractivity (Wildman–Crippen MR) is 75.8 cm³/mol. The van der Waals surface area contributed by atoms with E-state index >= 15 is 0 Å². The first-order valence-electron chi connectivity index (χ1n) is 5.20. The molecule has 0 atom stereocenters. The molecule has 0 bridgehead atoms. The van der Waals surface area contributed by atoms with E-state index in [0.717, 1.165) is 23.9 Å². The zero-order chi connectivity index (χ0) is 12.2. The van der Waals surface area contributed by atoms with E-state index in [4.69, 9.17) is 23.2 Å². The van der Waals surface area contributed by atoms with Crippen molar-refractivity contribution in [1.82, 2.24) is 5.32 Å². The summed E-state index contributed by atoms with van der Waals surface area (Å²) in [6.45, 7) is 5.08. The third kappa shape index (κ3) is 4.25. The Labute approximate surface area is 116 Å². The lowest BCUT2D eigenvalue weighted by molar-refractivity contribution is 0.378. The highest BCUT2D eigenvalue weighted by Crippen LogP contribution is 2.26. The van der Waals surface area contributed by atoms with Gasteiger partial charge in [-0.25, -0.2) is 0 Å². The first kappa shape index (κ1) is 14.3. The van der Waals surface area contributed by atoms with Crippen LogP contribution in [0.1, 0.15) is 25.8 Å². The summed E-state index contributed by atoms with van der Waals surface area (Å²) >= 11 is 15.5. The van der Waals surface area contributed by atoms with E-state index in [2.05, 4.69) is 35.1 Å². The molecule has 0 aromatic heterocycles. The molecule has 1 aromatic carbocycles. The third-order valence-corrected chi connectivity index (χ3v) is 3.76. The summed E-state index contributed by atoms with van der Waals surface area (Å²) in [6.07, 6.45) is 1.06. The zero-order valence-corrected chi connectivity index (χ0v) is 12.6. The maximum absolute atomic E-state index is 6.12. The molecule has 0 heterocycles. The van der Waals surface area contributed by atoms with E-state index in [1.165, 1.54) is 0 Å². The van der Waals surface area contributed by atoms with Crippen molar-refractivity contribution in [3.05, 3.63) is 33.8 Å². The van der Waals surface area contributed by atoms with E-state index in [-0.39, 0.29) is 5.54 Å². The third-order valence-electron chi connectivity index (χ3n) is 2.51. The van der Waals surface area contributed by atoms with Crippen molar-refractivity contribution in [2.45, 2.75) is 32.4 Å². The van der Waals surface area contributed by atoms with Gasteiger partial charge in [0.25, 0.3) is 0 Å². The molecule has 0 spiro atoms. The number of alkyl halides is 1. The van der Waals surface area contributed by atoms with Crippen LogP contribution in [0.2, 0.25) is 10.0 Å². The molecule has 0 fully saturated rings. The molecular formula is C12H16BrCl2N. The molecule has 1 N–H and O–H groups in total. The average Bonchev–Trinajstić information content (AvgIpc) is 2.20. The molecule has 1 nitrogen and oxygen atoms in total. The minimum atomic E-state index is 0.0924. The maximum atomic E-state index is 6.12. The van der Waals surface area contributed by atoms with Gasteiger partial charge in [0.2, 0.25) is 0 Å². The first-order chi connectivity index (χ1) is 7.46. The Morgan fingerprint density at radius 1 is 1.31 bits per heavy atom. The topological polar surface area (TPSA) is 12.0 Å². The van der Waals surface area contributed by atoms with Gasteiger partial charge in [0.1, 0.15) is 0 Å².